The van der Waals surface area contributed by atoms with Gasteiger partial charge in [-0.2, -0.15) is 0 Å². The van der Waals surface area contributed by atoms with Crippen molar-refractivity contribution in [2.45, 2.75) is 25.4 Å². The molecule has 0 saturated heterocycles. The van der Waals surface area contributed by atoms with E-state index in [4.69, 9.17) is 11.5 Å². The van der Waals surface area contributed by atoms with Crippen LogP contribution in [0.1, 0.15) is 28.9 Å². The van der Waals surface area contributed by atoms with Crippen molar-refractivity contribution >= 4 is 16.8 Å². The number of rotatable bonds is 5. The Kier molecular flexibility index (Phi) is 4.68. The minimum Gasteiger partial charge on any atom is -0.350 e. The summed E-state index contributed by atoms with van der Waals surface area (Å²) in [5.41, 5.74) is 15.8. The third-order valence-corrected chi connectivity index (χ3v) is 5.14. The number of hydrogen-bond donors (Lipinski definition) is 3. The molecule has 4 rings (SSSR count). The number of nitrogens with two attached hydrogens (primary N) is 2. The molecule has 1 aromatic heterocycles. The normalized spacial score (nSPS) is 14.8. The van der Waals surface area contributed by atoms with Gasteiger partial charge in [0.25, 0.3) is 5.91 Å². The zero-order valence-corrected chi connectivity index (χ0v) is 15.0. The monoisotopic (exact) mass is 366 g/mol. The molecule has 5 nitrogen and oxygen atoms in total. The maximum absolute atomic E-state index is 13.9. The van der Waals surface area contributed by atoms with Crippen LogP contribution in [-0.2, 0) is 6.54 Å². The van der Waals surface area contributed by atoms with Crippen molar-refractivity contribution in [1.29, 1.82) is 0 Å². The minimum absolute atomic E-state index is 0.110. The van der Waals surface area contributed by atoms with E-state index in [1.165, 1.54) is 12.1 Å². The van der Waals surface area contributed by atoms with Crippen molar-refractivity contribution < 1.29 is 9.18 Å². The lowest BCUT2D eigenvalue weighted by Gasteiger charge is -2.24. The summed E-state index contributed by atoms with van der Waals surface area (Å²) in [7, 11) is 0. The molecule has 0 bridgehead atoms. The van der Waals surface area contributed by atoms with E-state index in [0.29, 0.717) is 25.3 Å². The zero-order chi connectivity index (χ0) is 19.0. The predicted molar refractivity (Wildman–Crippen MR) is 105 cm³/mol. The highest BCUT2D eigenvalue weighted by Crippen LogP contribution is 2.38. The largest absolute Gasteiger partial charge is 0.350 e. The van der Waals surface area contributed by atoms with Crippen LogP contribution in [0.15, 0.2) is 42.5 Å². The van der Waals surface area contributed by atoms with Crippen LogP contribution in [0.3, 0.4) is 0 Å². The van der Waals surface area contributed by atoms with Gasteiger partial charge in [-0.3, -0.25) is 4.79 Å². The highest BCUT2D eigenvalue weighted by atomic mass is 19.1. The van der Waals surface area contributed by atoms with E-state index >= 15 is 0 Å². The summed E-state index contributed by atoms with van der Waals surface area (Å²) in [6.45, 7) is 1.52. The van der Waals surface area contributed by atoms with Gasteiger partial charge in [0, 0.05) is 35.6 Å². The van der Waals surface area contributed by atoms with Crippen LogP contribution >= 0.6 is 0 Å². The van der Waals surface area contributed by atoms with Crippen LogP contribution in [0.2, 0.25) is 0 Å². The minimum atomic E-state index is -0.320. The number of carbonyl (C=O) groups excluding carboxylic acids is 1. The maximum Gasteiger partial charge on any atom is 0.271 e. The molecule has 1 atom stereocenters. The van der Waals surface area contributed by atoms with E-state index in [-0.39, 0.29) is 17.8 Å². The summed E-state index contributed by atoms with van der Waals surface area (Å²) in [5, 5.41) is 0.722. The van der Waals surface area contributed by atoms with E-state index in [9.17, 15) is 9.18 Å². The Morgan fingerprint density at radius 2 is 2.04 bits per heavy atom. The van der Waals surface area contributed by atoms with E-state index in [0.717, 1.165) is 40.4 Å². The first kappa shape index (κ1) is 17.7. The number of nitrogens with zero attached hydrogens (tertiary/aromatic N) is 1. The van der Waals surface area contributed by atoms with E-state index in [1.54, 1.807) is 11.0 Å². The first-order valence-corrected chi connectivity index (χ1v) is 9.23. The standard InChI is InChI=1S/C21H23FN4O/c22-14-7-8-18-17(10-14)19-16-6-2-1-4-13(16)11-26(21(27)20(19)25-18)12-15(24)5-3-9-23/h1-2,4,6-8,10,15,25H,3,5,9,11-12,23-24H2/t15-/m0/s1. The van der Waals surface area contributed by atoms with Crippen molar-refractivity contribution in [3.8, 4) is 11.1 Å². The van der Waals surface area contributed by atoms with Gasteiger partial charge >= 0.3 is 0 Å². The topological polar surface area (TPSA) is 88.1 Å². The lowest BCUT2D eigenvalue weighted by molar-refractivity contribution is 0.0729. The van der Waals surface area contributed by atoms with E-state index in [2.05, 4.69) is 4.98 Å². The van der Waals surface area contributed by atoms with Crippen LogP contribution < -0.4 is 11.5 Å². The lowest BCUT2D eigenvalue weighted by Crippen LogP contribution is -2.40. The summed E-state index contributed by atoms with van der Waals surface area (Å²) in [5.74, 6) is -0.430. The molecule has 5 N–H and O–H groups in total. The van der Waals surface area contributed by atoms with Gasteiger partial charge in [0.2, 0.25) is 0 Å². The Bertz CT molecular complexity index is 997. The summed E-state index contributed by atoms with van der Waals surface area (Å²) in [6, 6.07) is 12.3. The molecule has 27 heavy (non-hydrogen) atoms. The van der Waals surface area contributed by atoms with Gasteiger partial charge in [-0.15, -0.1) is 0 Å². The lowest BCUT2D eigenvalue weighted by atomic mass is 9.98. The summed E-state index contributed by atoms with van der Waals surface area (Å²) >= 11 is 0. The predicted octanol–water partition coefficient (Wildman–Crippen LogP) is 3.00. The fourth-order valence-corrected chi connectivity index (χ4v) is 3.84. The van der Waals surface area contributed by atoms with Gasteiger partial charge in [0.1, 0.15) is 11.5 Å². The molecule has 0 radical (unpaired) electrons. The molecule has 2 heterocycles. The molecular formula is C21H23FN4O. The van der Waals surface area contributed by atoms with Gasteiger partial charge in [-0.25, -0.2) is 4.39 Å². The van der Waals surface area contributed by atoms with Gasteiger partial charge in [0.15, 0.2) is 0 Å². The van der Waals surface area contributed by atoms with Crippen LogP contribution in [-0.4, -0.2) is 34.9 Å². The van der Waals surface area contributed by atoms with Crippen LogP contribution in [0.25, 0.3) is 22.0 Å². The molecule has 0 aliphatic carbocycles. The molecule has 2 aromatic carbocycles. The number of hydrogen-bond acceptors (Lipinski definition) is 3. The van der Waals surface area contributed by atoms with E-state index in [1.807, 2.05) is 24.3 Å². The molecule has 6 heteroatoms. The van der Waals surface area contributed by atoms with Crippen LogP contribution in [0.5, 0.6) is 0 Å². The van der Waals surface area contributed by atoms with Crippen LogP contribution in [0.4, 0.5) is 4.39 Å². The SMILES string of the molecule is NCCC[C@H](N)CN1Cc2ccccc2-c2c([nH]c3ccc(F)cc23)C1=O. The third-order valence-electron chi connectivity index (χ3n) is 5.14. The highest BCUT2D eigenvalue weighted by Gasteiger charge is 2.30. The number of halogens is 1. The summed E-state index contributed by atoms with van der Waals surface area (Å²) < 4.78 is 13.9. The highest BCUT2D eigenvalue weighted by molar-refractivity contribution is 6.11. The Hall–Kier alpha value is -2.70. The molecule has 0 saturated carbocycles. The van der Waals surface area contributed by atoms with Gasteiger partial charge in [-0.05, 0) is 48.7 Å². The number of fused-ring (bicyclic) bond motifs is 5. The second-order valence-corrected chi connectivity index (χ2v) is 7.10. The fourth-order valence-electron chi connectivity index (χ4n) is 3.84. The molecule has 0 spiro atoms. The third kappa shape index (κ3) is 3.22. The van der Waals surface area contributed by atoms with Crippen LogP contribution in [0, 0.1) is 5.82 Å². The number of aromatic nitrogens is 1. The van der Waals surface area contributed by atoms with Gasteiger partial charge in [-0.1, -0.05) is 24.3 Å². The molecule has 1 aliphatic rings. The van der Waals surface area contributed by atoms with Crippen molar-refractivity contribution in [2.75, 3.05) is 13.1 Å². The summed E-state index contributed by atoms with van der Waals surface area (Å²) in [4.78, 5) is 18.3. The maximum atomic E-state index is 13.9. The number of benzene rings is 2. The second-order valence-electron chi connectivity index (χ2n) is 7.10. The molecule has 1 amide bonds. The molecular weight excluding hydrogens is 343 g/mol. The average Bonchev–Trinajstić information content (AvgIpc) is 2.99. The average molecular weight is 366 g/mol. The van der Waals surface area contributed by atoms with Gasteiger partial charge in [0.05, 0.1) is 0 Å². The molecule has 140 valence electrons. The number of H-pyrrole nitrogens is 1. The molecule has 3 aromatic rings. The van der Waals surface area contributed by atoms with Gasteiger partial charge < -0.3 is 21.4 Å². The quantitative estimate of drug-likeness (QED) is 0.649. The molecule has 0 unspecified atom stereocenters. The first-order chi connectivity index (χ1) is 13.1. The number of nitrogens with one attached hydrogen (secondary N) is 1. The van der Waals surface area contributed by atoms with Crippen molar-refractivity contribution in [1.82, 2.24) is 9.88 Å². The Morgan fingerprint density at radius 3 is 2.85 bits per heavy atom. The smallest absolute Gasteiger partial charge is 0.271 e. The number of amides is 1. The van der Waals surface area contributed by atoms with Crippen molar-refractivity contribution in [3.05, 3.63) is 59.5 Å². The Morgan fingerprint density at radius 1 is 1.22 bits per heavy atom. The van der Waals surface area contributed by atoms with E-state index < -0.39 is 0 Å². The number of aromatic amines is 1. The second kappa shape index (κ2) is 7.13. The Labute approximate surface area is 157 Å². The van der Waals surface area contributed by atoms with Crippen molar-refractivity contribution in [2.24, 2.45) is 11.5 Å². The fraction of sp³-hybridized carbons (Fsp3) is 0.286. The van der Waals surface area contributed by atoms with Crippen molar-refractivity contribution in [3.63, 3.8) is 0 Å². The zero-order valence-electron chi connectivity index (χ0n) is 15.0. The first-order valence-electron chi connectivity index (χ1n) is 9.23. The number of carbonyl (C=O) groups is 1. The molecule has 0 fully saturated rings. The summed E-state index contributed by atoms with van der Waals surface area (Å²) in [6.07, 6.45) is 1.60. The molecule has 1 aliphatic heterocycles. The Balaban J connectivity index is 1.83.